The van der Waals surface area contributed by atoms with Gasteiger partial charge in [-0.2, -0.15) is 8.78 Å². The van der Waals surface area contributed by atoms with Crippen molar-refractivity contribution in [3.8, 4) is 0 Å². The third kappa shape index (κ3) is 4.45. The van der Waals surface area contributed by atoms with Crippen LogP contribution in [0.3, 0.4) is 0 Å². The molecule has 0 saturated carbocycles. The van der Waals surface area contributed by atoms with Crippen LogP contribution in [0.2, 0.25) is 5.02 Å². The summed E-state index contributed by atoms with van der Waals surface area (Å²) in [6.45, 7) is 1.83. The summed E-state index contributed by atoms with van der Waals surface area (Å²) >= 11 is 6.54. The first-order valence-corrected chi connectivity index (χ1v) is 7.83. The second-order valence-electron chi connectivity index (χ2n) is 4.62. The Morgan fingerprint density at radius 2 is 1.77 bits per heavy atom. The summed E-state index contributed by atoms with van der Waals surface area (Å²) in [5.74, 6) is -2.75. The van der Waals surface area contributed by atoms with Crippen molar-refractivity contribution in [2.45, 2.75) is 23.6 Å². The van der Waals surface area contributed by atoms with Gasteiger partial charge in [-0.1, -0.05) is 41.6 Å². The molecule has 0 aliphatic heterocycles. The normalized spacial score (nSPS) is 12.2. The van der Waals surface area contributed by atoms with Crippen molar-refractivity contribution in [2.75, 3.05) is 0 Å². The Balaban J connectivity index is 2.04. The third-order valence-electron chi connectivity index (χ3n) is 3.06. The number of nitrogens with one attached hydrogen (secondary N) is 1. The summed E-state index contributed by atoms with van der Waals surface area (Å²) in [6.07, 6.45) is 0. The molecule has 2 aromatic carbocycles. The van der Waals surface area contributed by atoms with Gasteiger partial charge in [-0.15, -0.1) is 0 Å². The summed E-state index contributed by atoms with van der Waals surface area (Å²) in [5, 5.41) is 3.42. The SMILES string of the molecule is CC(NC(=O)c1ccc(SC(F)F)cc1)c1ccccc1Cl. The van der Waals surface area contributed by atoms with Crippen LogP contribution in [-0.4, -0.2) is 11.7 Å². The summed E-state index contributed by atoms with van der Waals surface area (Å²) in [5.41, 5.74) is 1.24. The molecule has 6 heteroatoms. The Morgan fingerprint density at radius 1 is 1.14 bits per heavy atom. The monoisotopic (exact) mass is 341 g/mol. The summed E-state index contributed by atoms with van der Waals surface area (Å²) < 4.78 is 24.5. The van der Waals surface area contributed by atoms with Gasteiger partial charge in [-0.25, -0.2) is 0 Å². The van der Waals surface area contributed by atoms with Gasteiger partial charge in [0.2, 0.25) is 0 Å². The summed E-state index contributed by atoms with van der Waals surface area (Å²) in [7, 11) is 0. The van der Waals surface area contributed by atoms with E-state index in [0.717, 1.165) is 5.56 Å². The van der Waals surface area contributed by atoms with Gasteiger partial charge in [0.25, 0.3) is 11.7 Å². The van der Waals surface area contributed by atoms with E-state index in [1.807, 2.05) is 25.1 Å². The zero-order valence-electron chi connectivity index (χ0n) is 11.7. The van der Waals surface area contributed by atoms with Crippen LogP contribution in [0.25, 0.3) is 0 Å². The minimum Gasteiger partial charge on any atom is -0.345 e. The van der Waals surface area contributed by atoms with E-state index < -0.39 is 5.76 Å². The second-order valence-corrected chi connectivity index (χ2v) is 6.09. The number of carbonyl (C=O) groups is 1. The molecule has 0 fully saturated rings. The lowest BCUT2D eigenvalue weighted by atomic mass is 10.1. The van der Waals surface area contributed by atoms with E-state index in [1.54, 1.807) is 6.07 Å². The number of benzene rings is 2. The smallest absolute Gasteiger partial charge is 0.288 e. The van der Waals surface area contributed by atoms with Crippen LogP contribution in [0.4, 0.5) is 8.78 Å². The van der Waals surface area contributed by atoms with Gasteiger partial charge in [0.05, 0.1) is 6.04 Å². The first-order valence-electron chi connectivity index (χ1n) is 6.57. The lowest BCUT2D eigenvalue weighted by Crippen LogP contribution is -2.26. The average molecular weight is 342 g/mol. The van der Waals surface area contributed by atoms with Gasteiger partial charge in [0.15, 0.2) is 0 Å². The molecule has 0 aromatic heterocycles. The van der Waals surface area contributed by atoms with Crippen molar-refractivity contribution in [1.82, 2.24) is 5.32 Å². The number of thioether (sulfide) groups is 1. The molecule has 0 aliphatic rings. The quantitative estimate of drug-likeness (QED) is 0.762. The molecule has 1 unspecified atom stereocenters. The molecule has 2 nitrogen and oxygen atoms in total. The molecular formula is C16H14ClF2NOS. The van der Waals surface area contributed by atoms with Crippen LogP contribution in [0.1, 0.15) is 28.9 Å². The molecule has 2 aromatic rings. The minimum atomic E-state index is -2.47. The predicted octanol–water partition coefficient (Wildman–Crippen LogP) is 5.15. The number of halogens is 3. The highest BCUT2D eigenvalue weighted by Crippen LogP contribution is 2.26. The molecule has 1 N–H and O–H groups in total. The van der Waals surface area contributed by atoms with Gasteiger partial charge in [0, 0.05) is 15.5 Å². The van der Waals surface area contributed by atoms with Crippen molar-refractivity contribution in [3.63, 3.8) is 0 Å². The molecule has 0 aliphatic carbocycles. The van der Waals surface area contributed by atoms with Gasteiger partial charge in [-0.3, -0.25) is 4.79 Å². The molecule has 1 atom stereocenters. The number of hydrogen-bond donors (Lipinski definition) is 1. The number of hydrogen-bond acceptors (Lipinski definition) is 2. The molecule has 0 bridgehead atoms. The maximum Gasteiger partial charge on any atom is 0.288 e. The van der Waals surface area contributed by atoms with E-state index in [-0.39, 0.29) is 11.9 Å². The Morgan fingerprint density at radius 3 is 2.36 bits per heavy atom. The number of amides is 1. The molecule has 1 amide bonds. The molecule has 0 saturated heterocycles. The fraction of sp³-hybridized carbons (Fsp3) is 0.188. The molecule has 0 heterocycles. The fourth-order valence-corrected chi connectivity index (χ4v) is 2.77. The standard InChI is InChI=1S/C16H14ClF2NOS/c1-10(13-4-2-3-5-14(13)17)20-15(21)11-6-8-12(9-7-11)22-16(18)19/h2-10,16H,1H3,(H,20,21). The minimum absolute atomic E-state index is 0.253. The summed E-state index contributed by atoms with van der Waals surface area (Å²) in [6, 6.07) is 13.1. The van der Waals surface area contributed by atoms with Crippen LogP contribution in [0.5, 0.6) is 0 Å². The van der Waals surface area contributed by atoms with Crippen LogP contribution in [-0.2, 0) is 0 Å². The van der Waals surface area contributed by atoms with E-state index in [9.17, 15) is 13.6 Å². The van der Waals surface area contributed by atoms with Crippen molar-refractivity contribution < 1.29 is 13.6 Å². The van der Waals surface area contributed by atoms with Crippen molar-refractivity contribution in [3.05, 3.63) is 64.7 Å². The van der Waals surface area contributed by atoms with Crippen LogP contribution < -0.4 is 5.32 Å². The van der Waals surface area contributed by atoms with Crippen molar-refractivity contribution in [2.24, 2.45) is 0 Å². The number of rotatable bonds is 5. The van der Waals surface area contributed by atoms with Gasteiger partial charge in [0.1, 0.15) is 0 Å². The molecule has 0 spiro atoms. The first kappa shape index (κ1) is 16.8. The maximum atomic E-state index is 12.2. The van der Waals surface area contributed by atoms with Gasteiger partial charge >= 0.3 is 0 Å². The van der Waals surface area contributed by atoms with Gasteiger partial charge < -0.3 is 5.32 Å². The van der Waals surface area contributed by atoms with Crippen molar-refractivity contribution in [1.29, 1.82) is 0 Å². The van der Waals surface area contributed by atoms with E-state index >= 15 is 0 Å². The molecule has 2 rings (SSSR count). The Labute approximate surface area is 136 Å². The summed E-state index contributed by atoms with van der Waals surface area (Å²) in [4.78, 5) is 12.6. The van der Waals surface area contributed by atoms with Crippen LogP contribution in [0.15, 0.2) is 53.4 Å². The maximum absolute atomic E-state index is 12.2. The third-order valence-corrected chi connectivity index (χ3v) is 4.13. The Bertz CT molecular complexity index is 649. The second kappa shape index (κ2) is 7.61. The largest absolute Gasteiger partial charge is 0.345 e. The first-order chi connectivity index (χ1) is 10.5. The van der Waals surface area contributed by atoms with E-state index in [2.05, 4.69) is 5.32 Å². The molecule has 116 valence electrons. The molecular weight excluding hydrogens is 328 g/mol. The van der Waals surface area contributed by atoms with E-state index in [0.29, 0.717) is 27.2 Å². The van der Waals surface area contributed by atoms with E-state index in [1.165, 1.54) is 24.3 Å². The molecule has 0 radical (unpaired) electrons. The highest BCUT2D eigenvalue weighted by molar-refractivity contribution is 7.99. The average Bonchev–Trinajstić information content (AvgIpc) is 2.47. The van der Waals surface area contributed by atoms with Crippen molar-refractivity contribution >= 4 is 29.3 Å². The lowest BCUT2D eigenvalue weighted by Gasteiger charge is -2.15. The van der Waals surface area contributed by atoms with E-state index in [4.69, 9.17) is 11.6 Å². The highest BCUT2D eigenvalue weighted by atomic mass is 35.5. The Kier molecular flexibility index (Phi) is 5.80. The number of alkyl halides is 2. The topological polar surface area (TPSA) is 29.1 Å². The number of carbonyl (C=O) groups excluding carboxylic acids is 1. The van der Waals surface area contributed by atoms with Gasteiger partial charge in [-0.05, 0) is 42.8 Å². The fourth-order valence-electron chi connectivity index (χ4n) is 1.97. The highest BCUT2D eigenvalue weighted by Gasteiger charge is 2.14. The van der Waals surface area contributed by atoms with Crippen LogP contribution >= 0.6 is 23.4 Å². The predicted molar refractivity (Wildman–Crippen MR) is 85.6 cm³/mol. The zero-order chi connectivity index (χ0) is 16.1. The lowest BCUT2D eigenvalue weighted by molar-refractivity contribution is 0.0940. The Hall–Kier alpha value is -1.59. The zero-order valence-corrected chi connectivity index (χ0v) is 13.3. The molecule has 22 heavy (non-hydrogen) atoms. The van der Waals surface area contributed by atoms with Crippen LogP contribution in [0, 0.1) is 0 Å².